The summed E-state index contributed by atoms with van der Waals surface area (Å²) >= 11 is 0. The van der Waals surface area contributed by atoms with Crippen molar-refractivity contribution in [2.24, 2.45) is 0 Å². The molecule has 2 N–H and O–H groups in total. The molecule has 0 saturated heterocycles. The van der Waals surface area contributed by atoms with Gasteiger partial charge in [-0.25, -0.2) is 0 Å². The molecule has 0 spiro atoms. The molecule has 1 atom stereocenters. The Morgan fingerprint density at radius 2 is 1.26 bits per heavy atom. The summed E-state index contributed by atoms with van der Waals surface area (Å²) in [4.78, 5) is 0. The molecular weight excluding hydrogens is 358 g/mol. The first-order valence-electron chi connectivity index (χ1n) is 11.2. The topological polar surface area (TPSA) is 66.4 Å². The third-order valence-corrected chi connectivity index (χ3v) is 5.83. The summed E-state index contributed by atoms with van der Waals surface area (Å²) in [5, 5.41) is 3.18. The summed E-state index contributed by atoms with van der Waals surface area (Å²) in [6.07, 6.45) is 19.2. The van der Waals surface area contributed by atoms with Crippen LogP contribution in [0.25, 0.3) is 0 Å². The highest BCUT2D eigenvalue weighted by atomic mass is 32.2. The van der Waals surface area contributed by atoms with Crippen molar-refractivity contribution in [1.82, 2.24) is 5.32 Å². The second-order valence-electron chi connectivity index (χ2n) is 8.17. The van der Waals surface area contributed by atoms with Gasteiger partial charge in [0.15, 0.2) is 0 Å². The fourth-order valence-corrected chi connectivity index (χ4v) is 4.20. The fourth-order valence-electron chi connectivity index (χ4n) is 3.40. The molecule has 4 nitrogen and oxygen atoms in total. The van der Waals surface area contributed by atoms with Gasteiger partial charge in [0.25, 0.3) is 10.1 Å². The summed E-state index contributed by atoms with van der Waals surface area (Å²) in [6.45, 7) is 8.59. The van der Waals surface area contributed by atoms with Crippen LogP contribution in [-0.4, -0.2) is 31.3 Å². The zero-order chi connectivity index (χ0) is 20.4. The zero-order valence-electron chi connectivity index (χ0n) is 18.0. The van der Waals surface area contributed by atoms with E-state index in [1.807, 2.05) is 6.92 Å². The van der Waals surface area contributed by atoms with Crippen LogP contribution in [-0.2, 0) is 10.1 Å². The van der Waals surface area contributed by atoms with Crippen molar-refractivity contribution in [3.05, 3.63) is 12.2 Å². The number of nitrogens with one attached hydrogen (secondary N) is 1. The summed E-state index contributed by atoms with van der Waals surface area (Å²) < 4.78 is 31.3. The standard InChI is InChI=1S/C22H45NO3S/c1-4-5-6-7-8-9-10-11-12-13-14-15-16-17-18-22(20-27(24,25)26)23-19-21(2)3/h22-23H,2,4-20H2,1,3H3,(H,24,25,26). The monoisotopic (exact) mass is 403 g/mol. The molecule has 0 bridgehead atoms. The first kappa shape index (κ1) is 26.6. The second kappa shape index (κ2) is 17.7. The van der Waals surface area contributed by atoms with E-state index in [2.05, 4.69) is 18.8 Å². The normalized spacial score (nSPS) is 13.0. The largest absolute Gasteiger partial charge is 0.309 e. The smallest absolute Gasteiger partial charge is 0.266 e. The zero-order valence-corrected chi connectivity index (χ0v) is 18.8. The highest BCUT2D eigenvalue weighted by Gasteiger charge is 2.16. The van der Waals surface area contributed by atoms with E-state index in [1.165, 1.54) is 77.0 Å². The van der Waals surface area contributed by atoms with Gasteiger partial charge in [0.1, 0.15) is 0 Å². The predicted octanol–water partition coefficient (Wildman–Crippen LogP) is 6.28. The lowest BCUT2D eigenvalue weighted by Crippen LogP contribution is -2.36. The van der Waals surface area contributed by atoms with Crippen molar-refractivity contribution >= 4 is 10.1 Å². The minimum atomic E-state index is -3.93. The molecule has 0 aliphatic rings. The van der Waals surface area contributed by atoms with Crippen molar-refractivity contribution in [2.75, 3.05) is 12.3 Å². The quantitative estimate of drug-likeness (QED) is 0.143. The average molecular weight is 404 g/mol. The van der Waals surface area contributed by atoms with Crippen LogP contribution in [0.2, 0.25) is 0 Å². The summed E-state index contributed by atoms with van der Waals surface area (Å²) in [5.74, 6) is -0.210. The third kappa shape index (κ3) is 21.8. The highest BCUT2D eigenvalue weighted by Crippen LogP contribution is 2.14. The maximum Gasteiger partial charge on any atom is 0.266 e. The molecule has 0 aliphatic heterocycles. The van der Waals surface area contributed by atoms with Gasteiger partial charge in [-0.3, -0.25) is 4.55 Å². The summed E-state index contributed by atoms with van der Waals surface area (Å²) in [6, 6.07) is -0.186. The molecule has 0 aromatic heterocycles. The van der Waals surface area contributed by atoms with Gasteiger partial charge < -0.3 is 5.32 Å². The molecule has 0 aromatic carbocycles. The Bertz CT molecular complexity index is 448. The summed E-state index contributed by atoms with van der Waals surface area (Å²) in [7, 11) is -3.93. The number of hydrogen-bond donors (Lipinski definition) is 2. The van der Waals surface area contributed by atoms with E-state index in [0.717, 1.165) is 24.8 Å². The predicted molar refractivity (Wildman–Crippen MR) is 118 cm³/mol. The Kier molecular flexibility index (Phi) is 17.4. The first-order chi connectivity index (χ1) is 12.8. The third-order valence-electron chi connectivity index (χ3n) is 5.01. The SMILES string of the molecule is C=C(C)CNC(CCCCCCCCCCCCCCCC)CS(=O)(=O)O. The highest BCUT2D eigenvalue weighted by molar-refractivity contribution is 7.85. The molecule has 1 unspecified atom stereocenters. The molecule has 0 saturated carbocycles. The molecule has 5 heteroatoms. The van der Waals surface area contributed by atoms with Crippen LogP contribution < -0.4 is 5.32 Å². The molecule has 0 amide bonds. The van der Waals surface area contributed by atoms with Crippen LogP contribution in [0.15, 0.2) is 12.2 Å². The Labute approximate surface area is 169 Å². The van der Waals surface area contributed by atoms with Gasteiger partial charge >= 0.3 is 0 Å². The Balaban J connectivity index is 3.54. The van der Waals surface area contributed by atoms with Gasteiger partial charge in [-0.15, -0.1) is 0 Å². The molecule has 27 heavy (non-hydrogen) atoms. The minimum Gasteiger partial charge on any atom is -0.309 e. The molecule has 162 valence electrons. The second-order valence-corrected chi connectivity index (χ2v) is 9.67. The molecule has 0 fully saturated rings. The Hall–Kier alpha value is -0.390. The number of rotatable bonds is 20. The van der Waals surface area contributed by atoms with Gasteiger partial charge in [0.05, 0.1) is 5.75 Å². The van der Waals surface area contributed by atoms with E-state index < -0.39 is 10.1 Å². The van der Waals surface area contributed by atoms with Gasteiger partial charge in [-0.05, 0) is 13.3 Å². The minimum absolute atomic E-state index is 0.186. The van der Waals surface area contributed by atoms with Crippen LogP contribution in [0.5, 0.6) is 0 Å². The van der Waals surface area contributed by atoms with Crippen LogP contribution in [0, 0.1) is 0 Å². The van der Waals surface area contributed by atoms with Gasteiger partial charge in [0, 0.05) is 12.6 Å². The molecule has 0 heterocycles. The molecule has 0 aliphatic carbocycles. The average Bonchev–Trinajstić information content (AvgIpc) is 2.58. The maximum absolute atomic E-state index is 11.1. The summed E-state index contributed by atoms with van der Waals surface area (Å²) in [5.41, 5.74) is 0.969. The van der Waals surface area contributed by atoms with Crippen LogP contribution >= 0.6 is 0 Å². The molecule has 0 aromatic rings. The van der Waals surface area contributed by atoms with Crippen molar-refractivity contribution < 1.29 is 13.0 Å². The van der Waals surface area contributed by atoms with Gasteiger partial charge in [-0.2, -0.15) is 8.42 Å². The Morgan fingerprint density at radius 1 is 0.852 bits per heavy atom. The van der Waals surface area contributed by atoms with Crippen LogP contribution in [0.1, 0.15) is 110 Å². The number of hydrogen-bond acceptors (Lipinski definition) is 3. The maximum atomic E-state index is 11.1. The van der Waals surface area contributed by atoms with E-state index in [9.17, 15) is 8.42 Å². The lowest BCUT2D eigenvalue weighted by molar-refractivity contribution is 0.448. The molecule has 0 rings (SSSR count). The Morgan fingerprint density at radius 3 is 1.63 bits per heavy atom. The lowest BCUT2D eigenvalue weighted by atomic mass is 10.0. The fraction of sp³-hybridized carbons (Fsp3) is 0.909. The van der Waals surface area contributed by atoms with Crippen molar-refractivity contribution in [2.45, 2.75) is 116 Å². The molecule has 0 radical (unpaired) electrons. The van der Waals surface area contributed by atoms with Gasteiger partial charge in [0.2, 0.25) is 0 Å². The van der Waals surface area contributed by atoms with E-state index in [1.54, 1.807) is 0 Å². The number of unbranched alkanes of at least 4 members (excludes halogenated alkanes) is 13. The van der Waals surface area contributed by atoms with Crippen LogP contribution in [0.3, 0.4) is 0 Å². The van der Waals surface area contributed by atoms with Crippen molar-refractivity contribution in [3.63, 3.8) is 0 Å². The van der Waals surface area contributed by atoms with E-state index in [-0.39, 0.29) is 11.8 Å². The first-order valence-corrected chi connectivity index (χ1v) is 12.8. The van der Waals surface area contributed by atoms with Gasteiger partial charge in [-0.1, -0.05) is 109 Å². The van der Waals surface area contributed by atoms with E-state index >= 15 is 0 Å². The van der Waals surface area contributed by atoms with Crippen LogP contribution in [0.4, 0.5) is 0 Å². The van der Waals surface area contributed by atoms with Crippen molar-refractivity contribution in [1.29, 1.82) is 0 Å². The van der Waals surface area contributed by atoms with E-state index in [0.29, 0.717) is 6.54 Å². The lowest BCUT2D eigenvalue weighted by Gasteiger charge is -2.17. The van der Waals surface area contributed by atoms with E-state index in [4.69, 9.17) is 4.55 Å². The molecular formula is C22H45NO3S. The van der Waals surface area contributed by atoms with Crippen molar-refractivity contribution in [3.8, 4) is 0 Å².